The fraction of sp³-hybridized carbons (Fsp3) is 0.167. The average molecular weight is 392 g/mol. The summed E-state index contributed by atoms with van der Waals surface area (Å²) in [6, 6.07) is 9.43. The summed E-state index contributed by atoms with van der Waals surface area (Å²) in [5.41, 5.74) is 3.01. The summed E-state index contributed by atoms with van der Waals surface area (Å²) in [6.07, 6.45) is 1.27. The SMILES string of the molecule is CCOc1cc(/C=N\NC(=O)C(=O)Nc2ccc(OC)cc2)cc(Cl)c1O. The maximum Gasteiger partial charge on any atom is 0.329 e. The van der Waals surface area contributed by atoms with Crippen LogP contribution >= 0.6 is 11.6 Å². The Balaban J connectivity index is 1.96. The fourth-order valence-electron chi connectivity index (χ4n) is 2.01. The molecule has 0 spiro atoms. The zero-order chi connectivity index (χ0) is 19.8. The van der Waals surface area contributed by atoms with Gasteiger partial charge in [-0.2, -0.15) is 5.10 Å². The first kappa shape index (κ1) is 20.1. The highest BCUT2D eigenvalue weighted by atomic mass is 35.5. The molecular weight excluding hydrogens is 374 g/mol. The zero-order valence-electron chi connectivity index (χ0n) is 14.7. The molecule has 0 unspecified atom stereocenters. The van der Waals surface area contributed by atoms with Crippen LogP contribution in [-0.4, -0.2) is 36.9 Å². The number of hydrazone groups is 1. The topological polar surface area (TPSA) is 109 Å². The number of hydrogen-bond acceptors (Lipinski definition) is 6. The first-order valence-corrected chi connectivity index (χ1v) is 8.26. The van der Waals surface area contributed by atoms with Crippen LogP contribution in [0.2, 0.25) is 5.02 Å². The van der Waals surface area contributed by atoms with Crippen molar-refractivity contribution in [3.05, 3.63) is 47.0 Å². The van der Waals surface area contributed by atoms with Gasteiger partial charge in [0.2, 0.25) is 0 Å². The number of ether oxygens (including phenoxy) is 2. The average Bonchev–Trinajstić information content (AvgIpc) is 2.66. The highest BCUT2D eigenvalue weighted by Gasteiger charge is 2.13. The number of phenolic OH excluding ortho intramolecular Hbond substituents is 1. The molecule has 8 nitrogen and oxygen atoms in total. The highest BCUT2D eigenvalue weighted by Crippen LogP contribution is 2.34. The molecule has 0 fully saturated rings. The number of methoxy groups -OCH3 is 1. The number of rotatable bonds is 6. The molecule has 2 rings (SSSR count). The number of carbonyl (C=O) groups excluding carboxylic acids is 2. The van der Waals surface area contributed by atoms with Gasteiger partial charge in [0.15, 0.2) is 11.5 Å². The van der Waals surface area contributed by atoms with E-state index in [1.165, 1.54) is 25.5 Å². The molecule has 0 atom stereocenters. The molecule has 2 aromatic rings. The second-order valence-corrected chi connectivity index (χ2v) is 5.57. The van der Waals surface area contributed by atoms with Gasteiger partial charge in [-0.15, -0.1) is 0 Å². The van der Waals surface area contributed by atoms with E-state index in [-0.39, 0.29) is 16.5 Å². The van der Waals surface area contributed by atoms with Crippen molar-refractivity contribution < 1.29 is 24.2 Å². The number of phenols is 1. The number of nitrogens with zero attached hydrogens (tertiary/aromatic N) is 1. The van der Waals surface area contributed by atoms with E-state index in [1.54, 1.807) is 31.2 Å². The Morgan fingerprint density at radius 3 is 2.56 bits per heavy atom. The van der Waals surface area contributed by atoms with Crippen LogP contribution in [0, 0.1) is 0 Å². The van der Waals surface area contributed by atoms with Crippen LogP contribution in [0.1, 0.15) is 12.5 Å². The normalized spacial score (nSPS) is 10.5. The van der Waals surface area contributed by atoms with Gasteiger partial charge in [0.25, 0.3) is 0 Å². The van der Waals surface area contributed by atoms with Gasteiger partial charge < -0.3 is 19.9 Å². The second kappa shape index (κ2) is 9.44. The fourth-order valence-corrected chi connectivity index (χ4v) is 2.23. The first-order valence-electron chi connectivity index (χ1n) is 7.88. The van der Waals surface area contributed by atoms with E-state index in [0.29, 0.717) is 23.6 Å². The Morgan fingerprint density at radius 2 is 1.93 bits per heavy atom. The number of carbonyl (C=O) groups is 2. The van der Waals surface area contributed by atoms with Gasteiger partial charge in [-0.05, 0) is 48.9 Å². The predicted molar refractivity (Wildman–Crippen MR) is 102 cm³/mol. The van der Waals surface area contributed by atoms with Crippen LogP contribution < -0.4 is 20.2 Å². The molecule has 0 heterocycles. The van der Waals surface area contributed by atoms with Crippen LogP contribution in [0.3, 0.4) is 0 Å². The molecule has 9 heteroatoms. The maximum atomic E-state index is 11.8. The molecule has 0 bridgehead atoms. The smallest absolute Gasteiger partial charge is 0.329 e. The third-order valence-electron chi connectivity index (χ3n) is 3.28. The van der Waals surface area contributed by atoms with Crippen molar-refractivity contribution in [2.24, 2.45) is 5.10 Å². The van der Waals surface area contributed by atoms with Gasteiger partial charge in [0, 0.05) is 5.69 Å². The lowest BCUT2D eigenvalue weighted by molar-refractivity contribution is -0.136. The molecule has 0 saturated heterocycles. The molecule has 0 aliphatic rings. The molecule has 0 aliphatic carbocycles. The maximum absolute atomic E-state index is 11.8. The van der Waals surface area contributed by atoms with E-state index >= 15 is 0 Å². The summed E-state index contributed by atoms with van der Waals surface area (Å²) in [6.45, 7) is 2.10. The predicted octanol–water partition coefficient (Wildman–Crippen LogP) is 2.54. The van der Waals surface area contributed by atoms with Crippen LogP contribution in [0.5, 0.6) is 17.2 Å². The Bertz CT molecular complexity index is 853. The van der Waals surface area contributed by atoms with E-state index in [0.717, 1.165) is 0 Å². The van der Waals surface area contributed by atoms with Crippen LogP contribution in [-0.2, 0) is 9.59 Å². The zero-order valence-corrected chi connectivity index (χ0v) is 15.4. The first-order chi connectivity index (χ1) is 12.9. The van der Waals surface area contributed by atoms with Crippen LogP contribution in [0.15, 0.2) is 41.5 Å². The highest BCUT2D eigenvalue weighted by molar-refractivity contribution is 6.39. The van der Waals surface area contributed by atoms with Crippen molar-refractivity contribution in [2.75, 3.05) is 19.0 Å². The van der Waals surface area contributed by atoms with Crippen molar-refractivity contribution in [1.82, 2.24) is 5.43 Å². The lowest BCUT2D eigenvalue weighted by Crippen LogP contribution is -2.32. The van der Waals surface area contributed by atoms with Gasteiger partial charge in [-0.25, -0.2) is 5.43 Å². The summed E-state index contributed by atoms with van der Waals surface area (Å²) in [4.78, 5) is 23.6. The molecule has 2 aromatic carbocycles. The summed E-state index contributed by atoms with van der Waals surface area (Å²) < 4.78 is 10.3. The molecule has 27 heavy (non-hydrogen) atoms. The van der Waals surface area contributed by atoms with Crippen molar-refractivity contribution in [3.63, 3.8) is 0 Å². The molecule has 2 amide bonds. The van der Waals surface area contributed by atoms with Crippen molar-refractivity contribution in [1.29, 1.82) is 0 Å². The molecular formula is C18H18ClN3O5. The standard InChI is InChI=1S/C18H18ClN3O5/c1-3-27-15-9-11(8-14(19)16(15)23)10-20-22-18(25)17(24)21-12-4-6-13(26-2)7-5-12/h4-10,23H,3H2,1-2H3,(H,21,24)(H,22,25)/b20-10-. The summed E-state index contributed by atoms with van der Waals surface area (Å²) in [5.74, 6) is -1.19. The van der Waals surface area contributed by atoms with E-state index < -0.39 is 11.8 Å². The minimum absolute atomic E-state index is 0.0750. The summed E-state index contributed by atoms with van der Waals surface area (Å²) in [5, 5.41) is 16.0. The molecule has 0 radical (unpaired) electrons. The van der Waals surface area contributed by atoms with E-state index in [9.17, 15) is 14.7 Å². The number of aromatic hydroxyl groups is 1. The second-order valence-electron chi connectivity index (χ2n) is 5.16. The minimum atomic E-state index is -0.947. The van der Waals surface area contributed by atoms with Crippen molar-refractivity contribution >= 4 is 35.3 Å². The third-order valence-corrected chi connectivity index (χ3v) is 3.57. The number of halogens is 1. The lowest BCUT2D eigenvalue weighted by Gasteiger charge is -2.08. The largest absolute Gasteiger partial charge is 0.503 e. The Hall–Kier alpha value is -3.26. The number of anilines is 1. The molecule has 0 aliphatic heterocycles. The van der Waals surface area contributed by atoms with E-state index in [1.807, 2.05) is 0 Å². The van der Waals surface area contributed by atoms with Gasteiger partial charge in [0.1, 0.15) is 5.75 Å². The van der Waals surface area contributed by atoms with E-state index in [2.05, 4.69) is 15.8 Å². The van der Waals surface area contributed by atoms with Crippen molar-refractivity contribution in [3.8, 4) is 17.2 Å². The van der Waals surface area contributed by atoms with Gasteiger partial charge in [0.05, 0.1) is 25.0 Å². The molecule has 3 N–H and O–H groups in total. The minimum Gasteiger partial charge on any atom is -0.503 e. The Kier molecular flexibility index (Phi) is 7.01. The van der Waals surface area contributed by atoms with Gasteiger partial charge in [-0.1, -0.05) is 11.6 Å². The number of hydrogen-bond donors (Lipinski definition) is 3. The number of benzene rings is 2. The lowest BCUT2D eigenvalue weighted by atomic mass is 10.2. The van der Waals surface area contributed by atoms with Gasteiger partial charge in [-0.3, -0.25) is 9.59 Å². The number of amides is 2. The van der Waals surface area contributed by atoms with Gasteiger partial charge >= 0.3 is 11.8 Å². The summed E-state index contributed by atoms with van der Waals surface area (Å²) in [7, 11) is 1.53. The quantitative estimate of drug-likeness (QED) is 0.398. The third kappa shape index (κ3) is 5.61. The molecule has 0 aromatic heterocycles. The monoisotopic (exact) mass is 391 g/mol. The molecule has 0 saturated carbocycles. The Labute approximate surface area is 160 Å². The van der Waals surface area contributed by atoms with Crippen LogP contribution in [0.4, 0.5) is 5.69 Å². The summed E-state index contributed by atoms with van der Waals surface area (Å²) >= 11 is 5.91. The van der Waals surface area contributed by atoms with E-state index in [4.69, 9.17) is 21.1 Å². The van der Waals surface area contributed by atoms with Crippen molar-refractivity contribution in [2.45, 2.75) is 6.92 Å². The Morgan fingerprint density at radius 1 is 1.22 bits per heavy atom. The molecule has 142 valence electrons. The number of nitrogens with one attached hydrogen (secondary N) is 2. The van der Waals surface area contributed by atoms with Crippen LogP contribution in [0.25, 0.3) is 0 Å².